The number of rotatable bonds is 6. The van der Waals surface area contributed by atoms with Gasteiger partial charge in [-0.05, 0) is 84.2 Å². The van der Waals surface area contributed by atoms with Crippen molar-refractivity contribution in [1.29, 1.82) is 0 Å². The molecule has 186 valence electrons. The van der Waals surface area contributed by atoms with E-state index in [0.29, 0.717) is 28.0 Å². The van der Waals surface area contributed by atoms with Gasteiger partial charge in [-0.1, -0.05) is 0 Å². The molecule has 1 fully saturated rings. The Hall–Kier alpha value is -3.25. The lowest BCUT2D eigenvalue weighted by Gasteiger charge is -2.34. The summed E-state index contributed by atoms with van der Waals surface area (Å²) in [5.74, 6) is -0.513. The van der Waals surface area contributed by atoms with Crippen LogP contribution in [0.25, 0.3) is 10.9 Å². The number of ether oxygens (including phenoxy) is 1. The van der Waals surface area contributed by atoms with Crippen LogP contribution in [0.4, 0.5) is 20.3 Å². The Labute approximate surface area is 220 Å². The van der Waals surface area contributed by atoms with Gasteiger partial charge in [0.15, 0.2) is 5.82 Å². The van der Waals surface area contributed by atoms with Crippen LogP contribution in [0.5, 0.6) is 5.75 Å². The Kier molecular flexibility index (Phi) is 7.06. The van der Waals surface area contributed by atoms with Crippen molar-refractivity contribution in [1.82, 2.24) is 15.1 Å². The van der Waals surface area contributed by atoms with Gasteiger partial charge in [0.1, 0.15) is 24.0 Å². The molecule has 2 heterocycles. The highest BCUT2D eigenvalue weighted by atomic mass is 127. The molecule has 0 unspecified atom stereocenters. The minimum Gasteiger partial charge on any atom is -0.489 e. The van der Waals surface area contributed by atoms with Crippen molar-refractivity contribution in [3.63, 3.8) is 0 Å². The molecule has 1 aliphatic heterocycles. The smallest absolute Gasteiger partial charge is 0.256 e. The monoisotopic (exact) mass is 603 g/mol. The molecule has 1 saturated heterocycles. The maximum Gasteiger partial charge on any atom is 0.256 e. The van der Waals surface area contributed by atoms with Crippen LogP contribution < -0.4 is 15.0 Å². The Bertz CT molecular complexity index is 1400. The molecular formula is C26H24F2IN5O2. The van der Waals surface area contributed by atoms with Gasteiger partial charge in [0.05, 0.1) is 9.09 Å². The van der Waals surface area contributed by atoms with Gasteiger partial charge >= 0.3 is 0 Å². The van der Waals surface area contributed by atoms with E-state index in [9.17, 15) is 13.6 Å². The normalized spacial score (nSPS) is 14.3. The van der Waals surface area contributed by atoms with Crippen LogP contribution in [0.1, 0.15) is 15.9 Å². The molecule has 7 nitrogen and oxygen atoms in total. The number of H-pyrrole nitrogens is 1. The summed E-state index contributed by atoms with van der Waals surface area (Å²) < 4.78 is 33.9. The summed E-state index contributed by atoms with van der Waals surface area (Å²) in [5, 5.41) is 10.6. The standard InChI is InChI=1S/C26H24F2IN5O2/c1-33-10-12-34(13-11-33)17-4-2-16(3-5-17)26(35)30-25-19-14-18(6-9-23(19)31-32-25)36-15-20-21(27)7-8-22(28)24(20)29/h2-9,14H,10-13,15H2,1H3,(H2,30,31,32,35). The van der Waals surface area contributed by atoms with Gasteiger partial charge in [-0.25, -0.2) is 8.78 Å². The number of hydrogen-bond donors (Lipinski definition) is 2. The number of hydrogen-bond acceptors (Lipinski definition) is 5. The minimum atomic E-state index is -0.531. The van der Waals surface area contributed by atoms with Crippen molar-refractivity contribution in [3.05, 3.63) is 80.9 Å². The fourth-order valence-corrected chi connectivity index (χ4v) is 4.70. The second-order valence-corrected chi connectivity index (χ2v) is 9.76. The molecule has 0 atom stereocenters. The third-order valence-corrected chi connectivity index (χ3v) is 7.45. The number of benzene rings is 3. The SMILES string of the molecule is CN1CCN(c2ccc(C(=O)Nc3n[nH]c4ccc(OCc5c(F)ccc(F)c5I)cc34)cc2)CC1. The Morgan fingerprint density at radius 3 is 2.53 bits per heavy atom. The summed E-state index contributed by atoms with van der Waals surface area (Å²) >= 11 is 1.76. The van der Waals surface area contributed by atoms with Crippen LogP contribution in [0.15, 0.2) is 54.6 Å². The molecule has 0 aliphatic carbocycles. The second kappa shape index (κ2) is 10.4. The van der Waals surface area contributed by atoms with Crippen molar-refractivity contribution >= 4 is 50.9 Å². The fraction of sp³-hybridized carbons (Fsp3) is 0.231. The van der Waals surface area contributed by atoms with E-state index in [2.05, 4.69) is 32.4 Å². The third-order valence-electron chi connectivity index (χ3n) is 6.29. The van der Waals surface area contributed by atoms with E-state index >= 15 is 0 Å². The number of nitrogens with one attached hydrogen (secondary N) is 2. The maximum absolute atomic E-state index is 14.1. The number of amides is 1. The minimum absolute atomic E-state index is 0.132. The van der Waals surface area contributed by atoms with E-state index in [1.165, 1.54) is 0 Å². The van der Waals surface area contributed by atoms with Gasteiger partial charge in [-0.2, -0.15) is 5.10 Å². The average molecular weight is 603 g/mol. The highest BCUT2D eigenvalue weighted by molar-refractivity contribution is 14.1. The van der Waals surface area contributed by atoms with Crippen LogP contribution in [0, 0.1) is 15.2 Å². The van der Waals surface area contributed by atoms with Gasteiger partial charge in [-0.3, -0.25) is 9.89 Å². The summed E-state index contributed by atoms with van der Waals surface area (Å²) in [5.41, 5.74) is 2.47. The number of carbonyl (C=O) groups is 1. The van der Waals surface area contributed by atoms with E-state index in [1.54, 1.807) is 40.8 Å². The Balaban J connectivity index is 1.28. The predicted octanol–water partition coefficient (Wildman–Crippen LogP) is 5.03. The van der Waals surface area contributed by atoms with Crippen LogP contribution >= 0.6 is 22.6 Å². The highest BCUT2D eigenvalue weighted by Crippen LogP contribution is 2.28. The van der Waals surface area contributed by atoms with Crippen molar-refractivity contribution < 1.29 is 18.3 Å². The summed E-state index contributed by atoms with van der Waals surface area (Å²) in [4.78, 5) is 17.5. The molecule has 0 radical (unpaired) electrons. The van der Waals surface area contributed by atoms with E-state index < -0.39 is 11.6 Å². The lowest BCUT2D eigenvalue weighted by molar-refractivity contribution is 0.102. The number of anilines is 2. The number of likely N-dealkylation sites (N-methyl/N-ethyl adjacent to an activating group) is 1. The first-order chi connectivity index (χ1) is 17.4. The summed E-state index contributed by atoms with van der Waals surface area (Å²) in [6, 6.07) is 14.9. The number of nitrogens with zero attached hydrogens (tertiary/aromatic N) is 3. The molecule has 1 amide bonds. The lowest BCUT2D eigenvalue weighted by Crippen LogP contribution is -2.44. The number of piperazine rings is 1. The first kappa shape index (κ1) is 24.4. The third kappa shape index (κ3) is 5.14. The molecule has 1 aromatic heterocycles. The lowest BCUT2D eigenvalue weighted by atomic mass is 10.1. The van der Waals surface area contributed by atoms with Gasteiger partial charge in [0.25, 0.3) is 5.91 Å². The number of aromatic amines is 1. The quantitative estimate of drug-likeness (QED) is 0.239. The molecular weight excluding hydrogens is 579 g/mol. The molecule has 4 aromatic rings. The second-order valence-electron chi connectivity index (χ2n) is 8.68. The molecule has 0 saturated carbocycles. The molecule has 36 heavy (non-hydrogen) atoms. The topological polar surface area (TPSA) is 73.5 Å². The van der Waals surface area contributed by atoms with Crippen molar-refractivity contribution in [2.45, 2.75) is 6.61 Å². The summed E-state index contributed by atoms with van der Waals surface area (Å²) in [6.45, 7) is 3.80. The largest absolute Gasteiger partial charge is 0.489 e. The van der Waals surface area contributed by atoms with Crippen molar-refractivity contribution in [2.24, 2.45) is 0 Å². The Morgan fingerprint density at radius 1 is 1.06 bits per heavy atom. The zero-order valence-corrected chi connectivity index (χ0v) is 21.7. The molecule has 0 bridgehead atoms. The van der Waals surface area contributed by atoms with Gasteiger partial charge < -0.3 is 19.9 Å². The zero-order valence-electron chi connectivity index (χ0n) is 19.5. The van der Waals surface area contributed by atoms with Gasteiger partial charge in [-0.15, -0.1) is 0 Å². The molecule has 10 heteroatoms. The maximum atomic E-state index is 14.1. The van der Waals surface area contributed by atoms with Crippen molar-refractivity contribution in [3.8, 4) is 5.75 Å². The molecule has 0 spiro atoms. The summed E-state index contributed by atoms with van der Waals surface area (Å²) in [7, 11) is 2.11. The van der Waals surface area contributed by atoms with E-state index in [0.717, 1.165) is 44.0 Å². The van der Waals surface area contributed by atoms with Gasteiger partial charge in [0.2, 0.25) is 0 Å². The van der Waals surface area contributed by atoms with Gasteiger partial charge in [0, 0.05) is 48.4 Å². The van der Waals surface area contributed by atoms with Crippen LogP contribution in [-0.4, -0.2) is 54.2 Å². The molecule has 5 rings (SSSR count). The number of halogens is 3. The molecule has 3 aromatic carbocycles. The predicted molar refractivity (Wildman–Crippen MR) is 144 cm³/mol. The van der Waals surface area contributed by atoms with E-state index in [1.807, 2.05) is 24.3 Å². The first-order valence-corrected chi connectivity index (χ1v) is 12.5. The van der Waals surface area contributed by atoms with E-state index in [-0.39, 0.29) is 21.6 Å². The molecule has 1 aliphatic rings. The van der Waals surface area contributed by atoms with Crippen LogP contribution in [-0.2, 0) is 6.61 Å². The van der Waals surface area contributed by atoms with Crippen LogP contribution in [0.3, 0.4) is 0 Å². The van der Waals surface area contributed by atoms with Crippen LogP contribution in [0.2, 0.25) is 0 Å². The number of fused-ring (bicyclic) bond motifs is 1. The van der Waals surface area contributed by atoms with Crippen molar-refractivity contribution in [2.75, 3.05) is 43.4 Å². The summed E-state index contributed by atoms with van der Waals surface area (Å²) in [6.07, 6.45) is 0. The number of carbonyl (C=O) groups excluding carboxylic acids is 1. The fourth-order valence-electron chi connectivity index (χ4n) is 4.10. The number of aromatic nitrogens is 2. The van der Waals surface area contributed by atoms with E-state index in [4.69, 9.17) is 4.74 Å². The average Bonchev–Trinajstić information content (AvgIpc) is 3.28. The molecule has 2 N–H and O–H groups in total. The first-order valence-electron chi connectivity index (χ1n) is 11.5. The highest BCUT2D eigenvalue weighted by Gasteiger charge is 2.17. The zero-order chi connectivity index (χ0) is 25.2. The Morgan fingerprint density at radius 2 is 1.78 bits per heavy atom.